The predicted molar refractivity (Wildman–Crippen MR) is 91.9 cm³/mol. The Kier molecular flexibility index (Phi) is 5.05. The molecule has 2 aliphatic rings. The van der Waals surface area contributed by atoms with E-state index in [4.69, 9.17) is 14.2 Å². The van der Waals surface area contributed by atoms with Gasteiger partial charge >= 0.3 is 5.97 Å². The maximum absolute atomic E-state index is 13.8. The van der Waals surface area contributed by atoms with E-state index in [2.05, 4.69) is 20.8 Å². The van der Waals surface area contributed by atoms with Crippen molar-refractivity contribution in [2.75, 3.05) is 7.11 Å². The van der Waals surface area contributed by atoms with Crippen LogP contribution in [-0.4, -0.2) is 25.3 Å². The third-order valence-electron chi connectivity index (χ3n) is 5.87. The molecule has 1 aliphatic carbocycles. The molecule has 0 spiro atoms. The molecule has 0 amide bonds. The Morgan fingerprint density at radius 2 is 2.16 bits per heavy atom. The van der Waals surface area contributed by atoms with Crippen molar-refractivity contribution in [2.45, 2.75) is 64.8 Å². The molecule has 1 aliphatic heterocycles. The lowest BCUT2D eigenvalue weighted by atomic mass is 9.67. The Morgan fingerprint density at radius 1 is 1.40 bits per heavy atom. The summed E-state index contributed by atoms with van der Waals surface area (Å²) in [6.07, 6.45) is 2.95. The molecular formula is C20H27FO4. The second-order valence-corrected chi connectivity index (χ2v) is 7.84. The van der Waals surface area contributed by atoms with Crippen LogP contribution in [0.4, 0.5) is 4.39 Å². The molecule has 2 fully saturated rings. The number of hydrogen-bond acceptors (Lipinski definition) is 4. The summed E-state index contributed by atoms with van der Waals surface area (Å²) in [4.78, 5) is 12.4. The third kappa shape index (κ3) is 3.81. The second kappa shape index (κ2) is 6.94. The lowest BCUT2D eigenvalue weighted by Gasteiger charge is -2.40. The van der Waals surface area contributed by atoms with Crippen LogP contribution in [0, 0.1) is 17.2 Å². The highest BCUT2D eigenvalue weighted by Gasteiger charge is 2.49. The number of carbonyl (C=O) groups excluding carboxylic acids is 1. The number of epoxide rings is 1. The molecule has 4 nitrogen and oxygen atoms in total. The molecule has 3 rings (SSSR count). The normalized spacial score (nSPS) is 31.7. The molecule has 25 heavy (non-hydrogen) atoms. The predicted octanol–water partition coefficient (Wildman–Crippen LogP) is 4.42. The van der Waals surface area contributed by atoms with Crippen molar-refractivity contribution in [1.82, 2.24) is 0 Å². The van der Waals surface area contributed by atoms with Gasteiger partial charge in [-0.1, -0.05) is 26.8 Å². The van der Waals surface area contributed by atoms with Crippen LogP contribution in [0.3, 0.4) is 0 Å². The van der Waals surface area contributed by atoms with Gasteiger partial charge in [-0.05, 0) is 54.7 Å². The lowest BCUT2D eigenvalue weighted by molar-refractivity contribution is -0.154. The van der Waals surface area contributed by atoms with Crippen LogP contribution in [0.2, 0.25) is 0 Å². The lowest BCUT2D eigenvalue weighted by Crippen LogP contribution is -2.36. The van der Waals surface area contributed by atoms with Gasteiger partial charge in [0.1, 0.15) is 12.2 Å². The van der Waals surface area contributed by atoms with Crippen molar-refractivity contribution in [1.29, 1.82) is 0 Å². The minimum absolute atomic E-state index is 0.0499. The first kappa shape index (κ1) is 18.2. The molecule has 0 radical (unpaired) electrons. The maximum atomic E-state index is 13.8. The van der Waals surface area contributed by atoms with E-state index in [0.29, 0.717) is 11.5 Å². The van der Waals surface area contributed by atoms with Crippen LogP contribution < -0.4 is 4.74 Å². The highest BCUT2D eigenvalue weighted by atomic mass is 19.1. The Hall–Kier alpha value is -1.62. The number of esters is 1. The first-order valence-corrected chi connectivity index (χ1v) is 9.03. The van der Waals surface area contributed by atoms with E-state index < -0.39 is 18.0 Å². The molecule has 0 bridgehead atoms. The van der Waals surface area contributed by atoms with Gasteiger partial charge in [-0.3, -0.25) is 0 Å². The highest BCUT2D eigenvalue weighted by Crippen LogP contribution is 2.45. The summed E-state index contributed by atoms with van der Waals surface area (Å²) in [6, 6.07) is 4.62. The molecule has 1 heterocycles. The smallest absolute Gasteiger partial charge is 0.338 e. The standard InChI is InChI=1S/C20H27FO4/c1-12(2)20(3)9-5-6-14(11-20)24-19(22)18-17(25-18)13-7-8-16(23-4)15(21)10-13/h7-8,10,12,14,17-18H,5-6,9,11H2,1-4H3/t14?,17-,18+,20?/m0/s1. The molecule has 1 saturated heterocycles. The average molecular weight is 350 g/mol. The van der Waals surface area contributed by atoms with Gasteiger partial charge in [-0.2, -0.15) is 0 Å². The minimum Gasteiger partial charge on any atom is -0.494 e. The zero-order chi connectivity index (χ0) is 18.2. The topological polar surface area (TPSA) is 48.1 Å². The zero-order valence-corrected chi connectivity index (χ0v) is 15.4. The van der Waals surface area contributed by atoms with Crippen molar-refractivity contribution in [2.24, 2.45) is 11.3 Å². The number of hydrogen-bond donors (Lipinski definition) is 0. The molecule has 138 valence electrons. The largest absolute Gasteiger partial charge is 0.494 e. The van der Waals surface area contributed by atoms with E-state index >= 15 is 0 Å². The van der Waals surface area contributed by atoms with Crippen LogP contribution in [0.15, 0.2) is 18.2 Å². The Morgan fingerprint density at radius 3 is 2.80 bits per heavy atom. The van der Waals surface area contributed by atoms with Gasteiger partial charge in [0.05, 0.1) is 7.11 Å². The molecular weight excluding hydrogens is 323 g/mol. The van der Waals surface area contributed by atoms with Crippen molar-refractivity contribution in [3.8, 4) is 5.75 Å². The molecule has 5 heteroatoms. The maximum Gasteiger partial charge on any atom is 0.338 e. The summed E-state index contributed by atoms with van der Waals surface area (Å²) in [7, 11) is 1.42. The number of ether oxygens (including phenoxy) is 3. The van der Waals surface area contributed by atoms with Gasteiger partial charge in [0.25, 0.3) is 0 Å². The van der Waals surface area contributed by atoms with Gasteiger partial charge in [0, 0.05) is 0 Å². The summed E-state index contributed by atoms with van der Waals surface area (Å²) in [5.41, 5.74) is 0.850. The van der Waals surface area contributed by atoms with E-state index in [1.807, 2.05) is 0 Å². The summed E-state index contributed by atoms with van der Waals surface area (Å²) < 4.78 is 29.9. The van der Waals surface area contributed by atoms with E-state index in [1.165, 1.54) is 19.6 Å². The van der Waals surface area contributed by atoms with Crippen molar-refractivity contribution < 1.29 is 23.4 Å². The number of methoxy groups -OCH3 is 1. The highest BCUT2D eigenvalue weighted by molar-refractivity contribution is 5.78. The summed E-state index contributed by atoms with van der Waals surface area (Å²) in [5.74, 6) is -0.0540. The SMILES string of the molecule is COc1ccc([C@@H]2O[C@H]2C(=O)OC2CCCC(C)(C(C)C)C2)cc1F. The van der Waals surface area contributed by atoms with Crippen LogP contribution in [0.1, 0.15) is 58.1 Å². The molecule has 1 aromatic rings. The Labute approximate surface area is 148 Å². The van der Waals surface area contributed by atoms with Crippen LogP contribution in [0.25, 0.3) is 0 Å². The van der Waals surface area contributed by atoms with Gasteiger partial charge in [-0.15, -0.1) is 0 Å². The third-order valence-corrected chi connectivity index (χ3v) is 5.87. The fourth-order valence-electron chi connectivity index (χ4n) is 3.72. The number of benzene rings is 1. The van der Waals surface area contributed by atoms with Crippen LogP contribution in [0.5, 0.6) is 5.75 Å². The fraction of sp³-hybridized carbons (Fsp3) is 0.650. The van der Waals surface area contributed by atoms with Crippen molar-refractivity contribution >= 4 is 5.97 Å². The Balaban J connectivity index is 1.58. The molecule has 4 atom stereocenters. The molecule has 1 aromatic carbocycles. The molecule has 0 aromatic heterocycles. The quantitative estimate of drug-likeness (QED) is 0.582. The van der Waals surface area contributed by atoms with Gasteiger partial charge in [0.15, 0.2) is 17.7 Å². The average Bonchev–Trinajstić information content (AvgIpc) is 3.35. The second-order valence-electron chi connectivity index (χ2n) is 7.84. The van der Waals surface area contributed by atoms with Crippen molar-refractivity contribution in [3.63, 3.8) is 0 Å². The zero-order valence-electron chi connectivity index (χ0n) is 15.4. The molecule has 2 unspecified atom stereocenters. The number of carbonyl (C=O) groups is 1. The fourth-order valence-corrected chi connectivity index (χ4v) is 3.72. The van der Waals surface area contributed by atoms with E-state index in [-0.39, 0.29) is 23.2 Å². The van der Waals surface area contributed by atoms with Gasteiger partial charge in [-0.25, -0.2) is 9.18 Å². The summed E-state index contributed by atoms with van der Waals surface area (Å²) in [5, 5.41) is 0. The summed E-state index contributed by atoms with van der Waals surface area (Å²) in [6.45, 7) is 6.72. The Bertz CT molecular complexity index is 645. The van der Waals surface area contributed by atoms with Crippen molar-refractivity contribution in [3.05, 3.63) is 29.6 Å². The van der Waals surface area contributed by atoms with E-state index in [0.717, 1.165) is 19.3 Å². The minimum atomic E-state index is -0.625. The van der Waals surface area contributed by atoms with Gasteiger partial charge in [0.2, 0.25) is 0 Å². The van der Waals surface area contributed by atoms with Crippen LogP contribution >= 0.6 is 0 Å². The number of halogens is 1. The monoisotopic (exact) mass is 350 g/mol. The molecule has 0 N–H and O–H groups in total. The first-order valence-electron chi connectivity index (χ1n) is 9.03. The van der Waals surface area contributed by atoms with E-state index in [1.54, 1.807) is 12.1 Å². The first-order chi connectivity index (χ1) is 11.8. The summed E-state index contributed by atoms with van der Waals surface area (Å²) >= 11 is 0. The number of rotatable bonds is 5. The van der Waals surface area contributed by atoms with Gasteiger partial charge < -0.3 is 14.2 Å². The van der Waals surface area contributed by atoms with Crippen LogP contribution in [-0.2, 0) is 14.3 Å². The van der Waals surface area contributed by atoms with E-state index in [9.17, 15) is 9.18 Å². The molecule has 1 saturated carbocycles.